The van der Waals surface area contributed by atoms with Gasteiger partial charge in [-0.15, -0.1) is 0 Å². The molecule has 64 valence electrons. The van der Waals surface area contributed by atoms with Gasteiger partial charge in [0.2, 0.25) is 0 Å². The predicted octanol–water partition coefficient (Wildman–Crippen LogP) is 2.27. The Morgan fingerprint density at radius 2 is 2.42 bits per heavy atom. The lowest BCUT2D eigenvalue weighted by Crippen LogP contribution is -2.06. The summed E-state index contributed by atoms with van der Waals surface area (Å²) in [6.45, 7) is 0. The summed E-state index contributed by atoms with van der Waals surface area (Å²) in [5, 5.41) is 8.66. The molecule has 0 aliphatic carbocycles. The largest absolute Gasteiger partial charge is 0.478 e. The molecule has 5 heteroatoms. The van der Waals surface area contributed by atoms with E-state index in [0.717, 1.165) is 4.48 Å². The lowest BCUT2D eigenvalue weighted by atomic mass is 10.2. The van der Waals surface area contributed by atoms with Crippen LogP contribution in [0.15, 0.2) is 27.3 Å². The summed E-state index contributed by atoms with van der Waals surface area (Å²) < 4.78 is 0.803. The molecule has 0 aromatic carbocycles. The van der Waals surface area contributed by atoms with E-state index in [1.54, 1.807) is 0 Å². The van der Waals surface area contributed by atoms with E-state index >= 15 is 0 Å². The molecule has 1 aliphatic heterocycles. The number of carboxylic acid groups (broad SMARTS) is 1. The van der Waals surface area contributed by atoms with E-state index in [2.05, 4.69) is 20.9 Å². The van der Waals surface area contributed by atoms with Crippen LogP contribution in [0.1, 0.15) is 6.42 Å². The number of aliphatic carboxylic acids is 1. The van der Waals surface area contributed by atoms with E-state index in [4.69, 9.17) is 16.7 Å². The van der Waals surface area contributed by atoms with Gasteiger partial charge in [-0.1, -0.05) is 33.6 Å². The van der Waals surface area contributed by atoms with Crippen LogP contribution in [-0.2, 0) is 4.79 Å². The molecular weight excluding hydrogens is 245 g/mol. The SMILES string of the molecule is O=C(O)C1=CCC(Br)=CN=C1Cl. The first kappa shape index (κ1) is 9.48. The molecule has 12 heavy (non-hydrogen) atoms. The third-order valence-corrected chi connectivity index (χ3v) is 2.10. The van der Waals surface area contributed by atoms with Crippen molar-refractivity contribution in [3.63, 3.8) is 0 Å². The fourth-order valence-corrected chi connectivity index (χ4v) is 1.18. The summed E-state index contributed by atoms with van der Waals surface area (Å²) in [6, 6.07) is 0. The van der Waals surface area contributed by atoms with E-state index in [1.165, 1.54) is 12.3 Å². The minimum Gasteiger partial charge on any atom is -0.478 e. The molecule has 1 heterocycles. The van der Waals surface area contributed by atoms with Crippen molar-refractivity contribution in [2.45, 2.75) is 6.42 Å². The number of allylic oxidation sites excluding steroid dienone is 2. The number of nitrogens with zero attached hydrogens (tertiary/aromatic N) is 1. The van der Waals surface area contributed by atoms with Crippen molar-refractivity contribution in [3.8, 4) is 0 Å². The van der Waals surface area contributed by atoms with Gasteiger partial charge in [-0.2, -0.15) is 0 Å². The van der Waals surface area contributed by atoms with Gasteiger partial charge in [-0.3, -0.25) is 0 Å². The van der Waals surface area contributed by atoms with Crippen molar-refractivity contribution in [3.05, 3.63) is 22.3 Å². The van der Waals surface area contributed by atoms with Gasteiger partial charge < -0.3 is 5.11 Å². The molecule has 1 rings (SSSR count). The van der Waals surface area contributed by atoms with Crippen LogP contribution in [0.25, 0.3) is 0 Å². The molecule has 0 radical (unpaired) electrons. The first-order valence-electron chi connectivity index (χ1n) is 3.13. The second-order valence-corrected chi connectivity index (χ2v) is 3.50. The third kappa shape index (κ3) is 2.19. The molecule has 0 saturated heterocycles. The predicted molar refractivity (Wildman–Crippen MR) is 50.6 cm³/mol. The minimum absolute atomic E-state index is 0.0111. The molecule has 0 bridgehead atoms. The standard InChI is InChI=1S/C7H5BrClNO2/c8-4-1-2-5(7(11)12)6(9)10-3-4/h2-3H,1H2,(H,11,12). The van der Waals surface area contributed by atoms with E-state index < -0.39 is 5.97 Å². The molecule has 0 aromatic heterocycles. The van der Waals surface area contributed by atoms with Gasteiger partial charge in [-0.25, -0.2) is 9.79 Å². The molecule has 0 aromatic rings. The Balaban J connectivity index is 3.00. The van der Waals surface area contributed by atoms with Crippen LogP contribution in [0.2, 0.25) is 0 Å². The second-order valence-electron chi connectivity index (χ2n) is 2.12. The smallest absolute Gasteiger partial charge is 0.338 e. The summed E-state index contributed by atoms with van der Waals surface area (Å²) in [4.78, 5) is 14.3. The Morgan fingerprint density at radius 1 is 1.75 bits per heavy atom. The van der Waals surface area contributed by atoms with Gasteiger partial charge in [0.25, 0.3) is 0 Å². The molecule has 0 amide bonds. The van der Waals surface area contributed by atoms with Crippen LogP contribution >= 0.6 is 27.5 Å². The van der Waals surface area contributed by atoms with Crippen LogP contribution < -0.4 is 0 Å². The highest BCUT2D eigenvalue weighted by atomic mass is 79.9. The van der Waals surface area contributed by atoms with Crippen LogP contribution in [0, 0.1) is 0 Å². The highest BCUT2D eigenvalue weighted by Gasteiger charge is 2.13. The van der Waals surface area contributed by atoms with Gasteiger partial charge in [0.1, 0.15) is 5.17 Å². The van der Waals surface area contributed by atoms with E-state index in [1.807, 2.05) is 0 Å². The highest BCUT2D eigenvalue weighted by molar-refractivity contribution is 9.11. The topological polar surface area (TPSA) is 49.7 Å². The number of rotatable bonds is 1. The quantitative estimate of drug-likeness (QED) is 0.776. The summed E-state index contributed by atoms with van der Waals surface area (Å²) in [5.74, 6) is -1.06. The third-order valence-electron chi connectivity index (χ3n) is 1.27. The van der Waals surface area contributed by atoms with Crippen molar-refractivity contribution in [1.82, 2.24) is 0 Å². The highest BCUT2D eigenvalue weighted by Crippen LogP contribution is 2.18. The van der Waals surface area contributed by atoms with Gasteiger partial charge in [0, 0.05) is 10.7 Å². The van der Waals surface area contributed by atoms with Crippen molar-refractivity contribution < 1.29 is 9.90 Å². The fraction of sp³-hybridized carbons (Fsp3) is 0.143. The molecule has 0 fully saturated rings. The number of halogens is 2. The number of aliphatic imine (C=N–C) groups is 1. The zero-order valence-corrected chi connectivity index (χ0v) is 8.26. The Hall–Kier alpha value is -0.610. The van der Waals surface area contributed by atoms with Crippen molar-refractivity contribution in [1.29, 1.82) is 0 Å². The van der Waals surface area contributed by atoms with Crippen molar-refractivity contribution in [2.75, 3.05) is 0 Å². The number of carboxylic acids is 1. The van der Waals surface area contributed by atoms with Crippen molar-refractivity contribution >= 4 is 38.7 Å². The monoisotopic (exact) mass is 249 g/mol. The molecule has 0 unspecified atom stereocenters. The zero-order chi connectivity index (χ0) is 9.14. The van der Waals surface area contributed by atoms with Crippen LogP contribution in [-0.4, -0.2) is 16.2 Å². The average Bonchev–Trinajstić information content (AvgIpc) is 2.14. The second kappa shape index (κ2) is 3.87. The molecular formula is C7H5BrClNO2. The molecule has 0 spiro atoms. The normalized spacial score (nSPS) is 17.3. The molecule has 1 N–H and O–H groups in total. The maximum absolute atomic E-state index is 10.6. The molecule has 1 aliphatic rings. The van der Waals surface area contributed by atoms with Crippen LogP contribution in [0.3, 0.4) is 0 Å². The molecule has 0 saturated carbocycles. The first-order valence-corrected chi connectivity index (χ1v) is 4.30. The van der Waals surface area contributed by atoms with Gasteiger partial charge in [0.15, 0.2) is 0 Å². The van der Waals surface area contributed by atoms with E-state index in [0.29, 0.717) is 6.42 Å². The summed E-state index contributed by atoms with van der Waals surface area (Å²) in [7, 11) is 0. The lowest BCUT2D eigenvalue weighted by molar-refractivity contribution is -0.132. The Labute approximate surface area is 82.6 Å². The maximum Gasteiger partial charge on any atom is 0.338 e. The Bertz CT molecular complexity index is 307. The van der Waals surface area contributed by atoms with Gasteiger partial charge >= 0.3 is 5.97 Å². The number of carbonyl (C=O) groups is 1. The van der Waals surface area contributed by atoms with E-state index in [9.17, 15) is 4.79 Å². The zero-order valence-electron chi connectivity index (χ0n) is 5.92. The first-order chi connectivity index (χ1) is 5.61. The maximum atomic E-state index is 10.6. The molecule has 3 nitrogen and oxygen atoms in total. The minimum atomic E-state index is -1.06. The Morgan fingerprint density at radius 3 is 3.00 bits per heavy atom. The van der Waals surface area contributed by atoms with Gasteiger partial charge in [-0.05, 0) is 6.42 Å². The summed E-state index contributed by atoms with van der Waals surface area (Å²) in [5.41, 5.74) is 0.0439. The van der Waals surface area contributed by atoms with Crippen LogP contribution in [0.4, 0.5) is 0 Å². The number of hydrogen-bond donors (Lipinski definition) is 1. The average molecular weight is 250 g/mol. The number of hydrogen-bond acceptors (Lipinski definition) is 2. The fourth-order valence-electron chi connectivity index (χ4n) is 0.708. The van der Waals surface area contributed by atoms with Crippen LogP contribution in [0.5, 0.6) is 0 Å². The summed E-state index contributed by atoms with van der Waals surface area (Å²) >= 11 is 8.78. The van der Waals surface area contributed by atoms with Crippen molar-refractivity contribution in [2.24, 2.45) is 4.99 Å². The van der Waals surface area contributed by atoms with E-state index in [-0.39, 0.29) is 10.7 Å². The Kier molecular flexibility index (Phi) is 3.05. The molecule has 0 atom stereocenters. The summed E-state index contributed by atoms with van der Waals surface area (Å²) in [6.07, 6.45) is 3.51. The van der Waals surface area contributed by atoms with Gasteiger partial charge in [0.05, 0.1) is 5.57 Å². The lowest BCUT2D eigenvalue weighted by Gasteiger charge is -1.94.